The van der Waals surface area contributed by atoms with Gasteiger partial charge >= 0.3 is 0 Å². The van der Waals surface area contributed by atoms with Gasteiger partial charge in [-0.25, -0.2) is 5.01 Å². The SMILES string of the molecule is CCCC(=O)NN1CCCC1. The van der Waals surface area contributed by atoms with Crippen LogP contribution in [-0.4, -0.2) is 24.0 Å². The van der Waals surface area contributed by atoms with Crippen molar-refractivity contribution >= 4 is 5.91 Å². The topological polar surface area (TPSA) is 32.3 Å². The van der Waals surface area contributed by atoms with Crippen molar-refractivity contribution in [3.63, 3.8) is 0 Å². The molecule has 0 unspecified atom stereocenters. The molecule has 0 atom stereocenters. The minimum Gasteiger partial charge on any atom is -0.289 e. The van der Waals surface area contributed by atoms with Gasteiger partial charge in [-0.3, -0.25) is 10.2 Å². The first-order chi connectivity index (χ1) is 5.33. The maximum absolute atomic E-state index is 11.0. The van der Waals surface area contributed by atoms with Gasteiger partial charge in [-0.15, -0.1) is 0 Å². The summed E-state index contributed by atoms with van der Waals surface area (Å²) >= 11 is 0. The molecule has 0 aromatic rings. The van der Waals surface area contributed by atoms with E-state index in [1.807, 2.05) is 11.9 Å². The molecule has 1 fully saturated rings. The third-order valence-electron chi connectivity index (χ3n) is 1.87. The van der Waals surface area contributed by atoms with Crippen molar-refractivity contribution in [3.8, 4) is 0 Å². The lowest BCUT2D eigenvalue weighted by Gasteiger charge is -2.15. The van der Waals surface area contributed by atoms with Crippen molar-refractivity contribution in [1.82, 2.24) is 10.4 Å². The quantitative estimate of drug-likeness (QED) is 0.658. The molecule has 0 saturated carbocycles. The minimum absolute atomic E-state index is 0.161. The number of hydrogen-bond acceptors (Lipinski definition) is 2. The van der Waals surface area contributed by atoms with Crippen LogP contribution in [0.25, 0.3) is 0 Å². The first-order valence-corrected chi connectivity index (χ1v) is 4.37. The Hall–Kier alpha value is -0.570. The van der Waals surface area contributed by atoms with E-state index < -0.39 is 0 Å². The normalized spacial score (nSPS) is 18.6. The number of nitrogens with zero attached hydrogens (tertiary/aromatic N) is 1. The van der Waals surface area contributed by atoms with E-state index in [0.29, 0.717) is 6.42 Å². The lowest BCUT2D eigenvalue weighted by atomic mass is 10.3. The van der Waals surface area contributed by atoms with Crippen LogP contribution in [0.15, 0.2) is 0 Å². The van der Waals surface area contributed by atoms with E-state index in [4.69, 9.17) is 0 Å². The fraction of sp³-hybridized carbons (Fsp3) is 0.875. The molecular weight excluding hydrogens is 140 g/mol. The second-order valence-corrected chi connectivity index (χ2v) is 2.98. The molecule has 0 aliphatic carbocycles. The highest BCUT2D eigenvalue weighted by Crippen LogP contribution is 2.03. The van der Waals surface area contributed by atoms with Crippen molar-refractivity contribution in [2.75, 3.05) is 13.1 Å². The average Bonchev–Trinajstić information content (AvgIpc) is 2.40. The third kappa shape index (κ3) is 2.89. The highest BCUT2D eigenvalue weighted by Gasteiger charge is 2.12. The van der Waals surface area contributed by atoms with E-state index in [-0.39, 0.29) is 5.91 Å². The average molecular weight is 156 g/mol. The maximum atomic E-state index is 11.0. The number of hydrazine groups is 1. The summed E-state index contributed by atoms with van der Waals surface area (Å²) in [7, 11) is 0. The van der Waals surface area contributed by atoms with Crippen LogP contribution in [0.2, 0.25) is 0 Å². The monoisotopic (exact) mass is 156 g/mol. The van der Waals surface area contributed by atoms with Crippen LogP contribution in [0.5, 0.6) is 0 Å². The van der Waals surface area contributed by atoms with E-state index in [0.717, 1.165) is 19.5 Å². The Morgan fingerprint density at radius 3 is 2.64 bits per heavy atom. The zero-order valence-electron chi connectivity index (χ0n) is 7.10. The summed E-state index contributed by atoms with van der Waals surface area (Å²) in [4.78, 5) is 11.0. The van der Waals surface area contributed by atoms with Crippen LogP contribution in [0.4, 0.5) is 0 Å². The van der Waals surface area contributed by atoms with Crippen molar-refractivity contribution in [2.24, 2.45) is 0 Å². The highest BCUT2D eigenvalue weighted by atomic mass is 16.2. The van der Waals surface area contributed by atoms with Gasteiger partial charge in [0.15, 0.2) is 0 Å². The molecule has 1 N–H and O–H groups in total. The Kier molecular flexibility index (Phi) is 3.36. The number of carbonyl (C=O) groups is 1. The van der Waals surface area contributed by atoms with Gasteiger partial charge < -0.3 is 0 Å². The molecular formula is C8H16N2O. The smallest absolute Gasteiger partial charge is 0.234 e. The lowest BCUT2D eigenvalue weighted by Crippen LogP contribution is -2.39. The van der Waals surface area contributed by atoms with Crippen molar-refractivity contribution in [3.05, 3.63) is 0 Å². The Bertz CT molecular complexity index is 130. The molecule has 3 heteroatoms. The second-order valence-electron chi connectivity index (χ2n) is 2.98. The van der Waals surface area contributed by atoms with Gasteiger partial charge in [0.1, 0.15) is 0 Å². The van der Waals surface area contributed by atoms with Crippen LogP contribution in [0.1, 0.15) is 32.6 Å². The predicted octanol–water partition coefficient (Wildman–Crippen LogP) is 0.913. The van der Waals surface area contributed by atoms with Gasteiger partial charge in [-0.05, 0) is 19.3 Å². The fourth-order valence-electron chi connectivity index (χ4n) is 1.29. The zero-order valence-corrected chi connectivity index (χ0v) is 7.10. The molecule has 0 aromatic carbocycles. The summed E-state index contributed by atoms with van der Waals surface area (Å²) in [5.41, 5.74) is 2.87. The van der Waals surface area contributed by atoms with Crippen LogP contribution < -0.4 is 5.43 Å². The third-order valence-corrected chi connectivity index (χ3v) is 1.87. The molecule has 1 heterocycles. The van der Waals surface area contributed by atoms with Crippen LogP contribution in [0, 0.1) is 0 Å². The van der Waals surface area contributed by atoms with Crippen molar-refractivity contribution in [2.45, 2.75) is 32.6 Å². The molecule has 1 saturated heterocycles. The molecule has 11 heavy (non-hydrogen) atoms. The molecule has 1 rings (SSSR count). The first-order valence-electron chi connectivity index (χ1n) is 4.37. The summed E-state index contributed by atoms with van der Waals surface area (Å²) in [6.45, 7) is 4.06. The number of amides is 1. The van der Waals surface area contributed by atoms with E-state index in [2.05, 4.69) is 5.43 Å². The summed E-state index contributed by atoms with van der Waals surface area (Å²) in [5.74, 6) is 0.161. The Balaban J connectivity index is 2.13. The summed E-state index contributed by atoms with van der Waals surface area (Å²) < 4.78 is 0. The Morgan fingerprint density at radius 1 is 1.45 bits per heavy atom. The van der Waals surface area contributed by atoms with Crippen LogP contribution >= 0.6 is 0 Å². The summed E-state index contributed by atoms with van der Waals surface area (Å²) in [5, 5.41) is 2.01. The molecule has 1 amide bonds. The minimum atomic E-state index is 0.161. The van der Waals surface area contributed by atoms with Gasteiger partial charge in [0.05, 0.1) is 0 Å². The number of rotatable bonds is 3. The Morgan fingerprint density at radius 2 is 2.09 bits per heavy atom. The lowest BCUT2D eigenvalue weighted by molar-refractivity contribution is -0.125. The van der Waals surface area contributed by atoms with E-state index in [1.54, 1.807) is 0 Å². The molecule has 1 aliphatic heterocycles. The highest BCUT2D eigenvalue weighted by molar-refractivity contribution is 5.75. The molecule has 0 aromatic heterocycles. The largest absolute Gasteiger partial charge is 0.289 e. The number of carbonyl (C=O) groups excluding carboxylic acids is 1. The van der Waals surface area contributed by atoms with Gasteiger partial charge in [0.25, 0.3) is 0 Å². The molecule has 3 nitrogen and oxygen atoms in total. The van der Waals surface area contributed by atoms with Crippen molar-refractivity contribution in [1.29, 1.82) is 0 Å². The summed E-state index contributed by atoms with van der Waals surface area (Å²) in [6.07, 6.45) is 4.01. The van der Waals surface area contributed by atoms with E-state index >= 15 is 0 Å². The van der Waals surface area contributed by atoms with Crippen LogP contribution in [-0.2, 0) is 4.79 Å². The summed E-state index contributed by atoms with van der Waals surface area (Å²) in [6, 6.07) is 0. The predicted molar refractivity (Wildman–Crippen MR) is 43.9 cm³/mol. The Labute approximate surface area is 67.7 Å². The number of nitrogens with one attached hydrogen (secondary N) is 1. The zero-order chi connectivity index (χ0) is 8.10. The maximum Gasteiger partial charge on any atom is 0.234 e. The first kappa shape index (κ1) is 8.53. The molecule has 64 valence electrons. The van der Waals surface area contributed by atoms with Gasteiger partial charge in [-0.2, -0.15) is 0 Å². The molecule has 0 spiro atoms. The van der Waals surface area contributed by atoms with Gasteiger partial charge in [0, 0.05) is 19.5 Å². The molecule has 1 aliphatic rings. The van der Waals surface area contributed by atoms with E-state index in [1.165, 1.54) is 12.8 Å². The van der Waals surface area contributed by atoms with Gasteiger partial charge in [0.2, 0.25) is 5.91 Å². The van der Waals surface area contributed by atoms with E-state index in [9.17, 15) is 4.79 Å². The fourth-order valence-corrected chi connectivity index (χ4v) is 1.29. The number of hydrogen-bond donors (Lipinski definition) is 1. The van der Waals surface area contributed by atoms with Gasteiger partial charge in [-0.1, -0.05) is 6.92 Å². The molecule has 0 bridgehead atoms. The molecule has 0 radical (unpaired) electrons. The second kappa shape index (κ2) is 4.34. The van der Waals surface area contributed by atoms with Crippen molar-refractivity contribution < 1.29 is 4.79 Å². The standard InChI is InChI=1S/C8H16N2O/c1-2-5-8(11)9-10-6-3-4-7-10/h2-7H2,1H3,(H,9,11). The van der Waals surface area contributed by atoms with Crippen LogP contribution in [0.3, 0.4) is 0 Å².